The maximum Gasteiger partial charge on any atom is 0.227 e. The van der Waals surface area contributed by atoms with Crippen molar-refractivity contribution in [1.29, 1.82) is 0 Å². The average Bonchev–Trinajstić information content (AvgIpc) is 3.18. The molecule has 2 aliphatic rings. The summed E-state index contributed by atoms with van der Waals surface area (Å²) in [6.45, 7) is 6.16. The fourth-order valence-corrected chi connectivity index (χ4v) is 3.84. The van der Waals surface area contributed by atoms with Crippen molar-refractivity contribution in [3.05, 3.63) is 18.7 Å². The van der Waals surface area contributed by atoms with E-state index in [1.165, 1.54) is 0 Å². The second kappa shape index (κ2) is 8.66. The number of piperidine rings is 1. The second-order valence-corrected chi connectivity index (χ2v) is 7.80. The van der Waals surface area contributed by atoms with Crippen molar-refractivity contribution in [1.82, 2.24) is 19.8 Å². The quantitative estimate of drug-likeness (QED) is 0.831. The molecule has 144 valence electrons. The average molecular weight is 362 g/mol. The lowest BCUT2D eigenvalue weighted by molar-refractivity contribution is -0.141. The van der Waals surface area contributed by atoms with E-state index in [-0.39, 0.29) is 11.8 Å². The number of rotatable bonds is 6. The van der Waals surface area contributed by atoms with Gasteiger partial charge in [-0.15, -0.1) is 0 Å². The van der Waals surface area contributed by atoms with Crippen LogP contribution in [-0.4, -0.2) is 59.1 Å². The number of hydrogen-bond donors (Lipinski definition) is 1. The number of aryl methyl sites for hydroxylation is 1. The number of carbonyl (C=O) groups excluding carboxylic acids is 2. The van der Waals surface area contributed by atoms with Crippen LogP contribution in [-0.2, 0) is 20.9 Å². The lowest BCUT2D eigenvalue weighted by atomic mass is 9.80. The second-order valence-electron chi connectivity index (χ2n) is 7.80. The lowest BCUT2D eigenvalue weighted by Gasteiger charge is -2.39. The lowest BCUT2D eigenvalue weighted by Crippen LogP contribution is -2.52. The molecule has 0 saturated carbocycles. The molecule has 2 aliphatic heterocycles. The van der Waals surface area contributed by atoms with Crippen molar-refractivity contribution in [2.75, 3.05) is 32.8 Å². The van der Waals surface area contributed by atoms with Gasteiger partial charge in [-0.05, 0) is 38.5 Å². The molecule has 0 radical (unpaired) electrons. The summed E-state index contributed by atoms with van der Waals surface area (Å²) in [5, 5.41) is 3.13. The zero-order valence-corrected chi connectivity index (χ0v) is 15.7. The molecule has 2 fully saturated rings. The van der Waals surface area contributed by atoms with Crippen LogP contribution < -0.4 is 5.32 Å². The Hall–Kier alpha value is -1.89. The van der Waals surface area contributed by atoms with Gasteiger partial charge >= 0.3 is 0 Å². The summed E-state index contributed by atoms with van der Waals surface area (Å²) in [7, 11) is 0. The molecule has 0 spiro atoms. The summed E-state index contributed by atoms with van der Waals surface area (Å²) in [4.78, 5) is 31.2. The first-order valence-corrected chi connectivity index (χ1v) is 9.66. The van der Waals surface area contributed by atoms with Crippen molar-refractivity contribution >= 4 is 11.8 Å². The molecule has 2 saturated heterocycles. The van der Waals surface area contributed by atoms with Crippen LogP contribution in [0.25, 0.3) is 0 Å². The highest BCUT2D eigenvalue weighted by atomic mass is 16.5. The highest BCUT2D eigenvalue weighted by molar-refractivity contribution is 5.84. The molecular formula is C19H30N4O3. The summed E-state index contributed by atoms with van der Waals surface area (Å²) in [6.07, 6.45) is 9.46. The van der Waals surface area contributed by atoms with Gasteiger partial charge < -0.3 is 19.5 Å². The molecule has 26 heavy (non-hydrogen) atoms. The summed E-state index contributed by atoms with van der Waals surface area (Å²) < 4.78 is 7.27. The minimum Gasteiger partial charge on any atom is -0.381 e. The van der Waals surface area contributed by atoms with E-state index in [4.69, 9.17) is 4.74 Å². The van der Waals surface area contributed by atoms with Crippen LogP contribution >= 0.6 is 0 Å². The minimum atomic E-state index is -0.492. The number of imidazole rings is 1. The third-order valence-corrected chi connectivity index (χ3v) is 5.63. The highest BCUT2D eigenvalue weighted by Crippen LogP contribution is 2.30. The van der Waals surface area contributed by atoms with Crippen molar-refractivity contribution in [3.8, 4) is 0 Å². The van der Waals surface area contributed by atoms with E-state index in [1.807, 2.05) is 22.6 Å². The molecule has 0 aromatic carbocycles. The Kier molecular flexibility index (Phi) is 6.29. The Morgan fingerprint density at radius 1 is 1.35 bits per heavy atom. The molecule has 0 bridgehead atoms. The Labute approximate surface area is 155 Å². The van der Waals surface area contributed by atoms with Crippen LogP contribution in [0.4, 0.5) is 0 Å². The number of nitrogens with zero attached hydrogens (tertiary/aromatic N) is 3. The van der Waals surface area contributed by atoms with Gasteiger partial charge in [-0.25, -0.2) is 4.98 Å². The number of carbonyl (C=O) groups is 2. The normalized spacial score (nSPS) is 24.4. The maximum absolute atomic E-state index is 12.8. The molecule has 7 heteroatoms. The summed E-state index contributed by atoms with van der Waals surface area (Å²) in [6, 6.07) is 0. The molecule has 1 N–H and O–H groups in total. The first-order valence-electron chi connectivity index (χ1n) is 9.66. The zero-order chi connectivity index (χ0) is 18.4. The SMILES string of the molecule is CC1(C(=O)NCC2CCOCC2)CCCN(C(=O)CCn2ccnc2)C1. The van der Waals surface area contributed by atoms with E-state index in [0.717, 1.165) is 45.4 Å². The number of hydrogen-bond acceptors (Lipinski definition) is 4. The van der Waals surface area contributed by atoms with Gasteiger partial charge in [-0.2, -0.15) is 0 Å². The number of ether oxygens (including phenoxy) is 1. The predicted molar refractivity (Wildman–Crippen MR) is 97.3 cm³/mol. The molecule has 7 nitrogen and oxygen atoms in total. The number of likely N-dealkylation sites (tertiary alicyclic amines) is 1. The van der Waals surface area contributed by atoms with Crippen LogP contribution in [0, 0.1) is 11.3 Å². The smallest absolute Gasteiger partial charge is 0.227 e. The zero-order valence-electron chi connectivity index (χ0n) is 15.7. The molecule has 1 atom stereocenters. The van der Waals surface area contributed by atoms with Crippen molar-refractivity contribution in [2.45, 2.75) is 45.6 Å². The molecule has 0 aliphatic carbocycles. The largest absolute Gasteiger partial charge is 0.381 e. The van der Waals surface area contributed by atoms with Crippen LogP contribution in [0.1, 0.15) is 39.0 Å². The topological polar surface area (TPSA) is 76.5 Å². The van der Waals surface area contributed by atoms with Crippen molar-refractivity contribution in [3.63, 3.8) is 0 Å². The van der Waals surface area contributed by atoms with Crippen molar-refractivity contribution < 1.29 is 14.3 Å². The van der Waals surface area contributed by atoms with E-state index in [1.54, 1.807) is 12.5 Å². The van der Waals surface area contributed by atoms with E-state index in [0.29, 0.717) is 32.0 Å². The third-order valence-electron chi connectivity index (χ3n) is 5.63. The minimum absolute atomic E-state index is 0.0797. The molecule has 1 aromatic rings. The van der Waals surface area contributed by atoms with E-state index < -0.39 is 5.41 Å². The van der Waals surface area contributed by atoms with E-state index >= 15 is 0 Å². The Balaban J connectivity index is 1.48. The molecule has 2 amide bonds. The molecular weight excluding hydrogens is 332 g/mol. The molecule has 1 aromatic heterocycles. The first kappa shape index (κ1) is 18.9. The predicted octanol–water partition coefficient (Wildman–Crippen LogP) is 1.44. The van der Waals surface area contributed by atoms with Gasteiger partial charge in [0, 0.05) is 58.2 Å². The highest BCUT2D eigenvalue weighted by Gasteiger charge is 2.39. The van der Waals surface area contributed by atoms with Gasteiger partial charge in [-0.3, -0.25) is 9.59 Å². The van der Waals surface area contributed by atoms with E-state index in [9.17, 15) is 9.59 Å². The van der Waals surface area contributed by atoms with Gasteiger partial charge in [0.05, 0.1) is 11.7 Å². The summed E-state index contributed by atoms with van der Waals surface area (Å²) >= 11 is 0. The first-order chi connectivity index (χ1) is 12.6. The van der Waals surface area contributed by atoms with Crippen LogP contribution in [0.2, 0.25) is 0 Å². The Morgan fingerprint density at radius 2 is 2.15 bits per heavy atom. The van der Waals surface area contributed by atoms with Gasteiger partial charge in [0.1, 0.15) is 0 Å². The van der Waals surface area contributed by atoms with Gasteiger partial charge in [0.25, 0.3) is 0 Å². The Bertz CT molecular complexity index is 598. The monoisotopic (exact) mass is 362 g/mol. The Morgan fingerprint density at radius 3 is 2.88 bits per heavy atom. The molecule has 1 unspecified atom stereocenters. The van der Waals surface area contributed by atoms with Crippen LogP contribution in [0.5, 0.6) is 0 Å². The molecule has 3 rings (SSSR count). The third kappa shape index (κ3) is 4.84. The maximum atomic E-state index is 12.8. The number of aromatic nitrogens is 2. The molecule has 3 heterocycles. The fraction of sp³-hybridized carbons (Fsp3) is 0.737. The van der Waals surface area contributed by atoms with E-state index in [2.05, 4.69) is 10.3 Å². The summed E-state index contributed by atoms with van der Waals surface area (Å²) in [5.74, 6) is 0.700. The van der Waals surface area contributed by atoms with Crippen LogP contribution in [0.15, 0.2) is 18.7 Å². The van der Waals surface area contributed by atoms with Crippen LogP contribution in [0.3, 0.4) is 0 Å². The van der Waals surface area contributed by atoms with Crippen molar-refractivity contribution in [2.24, 2.45) is 11.3 Å². The summed E-state index contributed by atoms with van der Waals surface area (Å²) in [5.41, 5.74) is -0.492. The van der Waals surface area contributed by atoms with Gasteiger partial charge in [-0.1, -0.05) is 0 Å². The number of nitrogens with one attached hydrogen (secondary N) is 1. The number of amides is 2. The van der Waals surface area contributed by atoms with Gasteiger partial charge in [0.2, 0.25) is 11.8 Å². The standard InChI is InChI=1S/C19H30N4O3/c1-19(18(25)21-13-16-4-11-26-12-5-16)6-2-8-23(14-19)17(24)3-9-22-10-7-20-15-22/h7,10,15-16H,2-6,8-9,11-14H2,1H3,(H,21,25). The fourth-order valence-electron chi connectivity index (χ4n) is 3.84. The van der Waals surface area contributed by atoms with Gasteiger partial charge in [0.15, 0.2) is 0 Å².